The summed E-state index contributed by atoms with van der Waals surface area (Å²) in [6, 6.07) is 20.3. The number of pyridine rings is 1. The molecule has 2 heterocycles. The molecule has 4 aromatic rings. The zero-order chi connectivity index (χ0) is 20.9. The molecule has 0 saturated carbocycles. The summed E-state index contributed by atoms with van der Waals surface area (Å²) in [5, 5.41) is 6.65. The third-order valence-corrected chi connectivity index (χ3v) is 4.66. The second kappa shape index (κ2) is 9.13. The second-order valence-electron chi connectivity index (χ2n) is 5.90. The summed E-state index contributed by atoms with van der Waals surface area (Å²) in [6.07, 6.45) is 0. The van der Waals surface area contributed by atoms with Crippen LogP contribution in [-0.2, 0) is 0 Å². The SMILES string of the molecule is Clc1cc(Cl)c(Oc2nc(Nc3ccccc3)nc(Nc3ccccc3)n2)nc1Cl. The topological polar surface area (TPSA) is 84.9 Å². The summed E-state index contributed by atoms with van der Waals surface area (Å²) >= 11 is 18.1. The normalized spacial score (nSPS) is 10.5. The van der Waals surface area contributed by atoms with E-state index >= 15 is 0 Å². The van der Waals surface area contributed by atoms with Crippen molar-refractivity contribution in [3.63, 3.8) is 0 Å². The summed E-state index contributed by atoms with van der Waals surface area (Å²) in [5.74, 6) is 0.551. The number of hydrogen-bond acceptors (Lipinski definition) is 7. The standard InChI is InChI=1S/C20H13Cl3N6O/c21-14-11-15(22)17(26-16(14)23)30-20-28-18(24-12-7-3-1-4-8-12)27-19(29-20)25-13-9-5-2-6-10-13/h1-11H,(H2,24,25,27,28,29). The number of aromatic nitrogens is 4. The Kier molecular flexibility index (Phi) is 6.13. The monoisotopic (exact) mass is 458 g/mol. The Bertz CT molecular complexity index is 1100. The molecular formula is C20H13Cl3N6O. The van der Waals surface area contributed by atoms with Gasteiger partial charge in [0, 0.05) is 11.4 Å². The van der Waals surface area contributed by atoms with Crippen molar-refractivity contribution in [3.8, 4) is 11.9 Å². The van der Waals surface area contributed by atoms with Crippen molar-refractivity contribution in [2.24, 2.45) is 0 Å². The first-order chi connectivity index (χ1) is 14.6. The molecule has 0 aliphatic carbocycles. The lowest BCUT2D eigenvalue weighted by atomic mass is 10.3. The molecule has 0 unspecified atom stereocenters. The van der Waals surface area contributed by atoms with Gasteiger partial charge in [0.25, 0.3) is 0 Å². The summed E-state index contributed by atoms with van der Waals surface area (Å²) in [6.45, 7) is 0. The van der Waals surface area contributed by atoms with Crippen LogP contribution in [0.3, 0.4) is 0 Å². The zero-order valence-corrected chi connectivity index (χ0v) is 17.4. The van der Waals surface area contributed by atoms with Gasteiger partial charge in [-0.3, -0.25) is 0 Å². The average molecular weight is 460 g/mol. The van der Waals surface area contributed by atoms with Gasteiger partial charge in [-0.2, -0.15) is 19.9 Å². The summed E-state index contributed by atoms with van der Waals surface area (Å²) < 4.78 is 5.67. The third kappa shape index (κ3) is 5.07. The molecule has 30 heavy (non-hydrogen) atoms. The molecule has 0 bridgehead atoms. The van der Waals surface area contributed by atoms with E-state index in [9.17, 15) is 0 Å². The van der Waals surface area contributed by atoms with Crippen LogP contribution in [0.1, 0.15) is 0 Å². The minimum atomic E-state index is -0.0327. The molecule has 0 atom stereocenters. The fourth-order valence-electron chi connectivity index (χ4n) is 2.40. The van der Waals surface area contributed by atoms with E-state index in [1.54, 1.807) is 0 Å². The Labute approximate surface area is 187 Å². The van der Waals surface area contributed by atoms with Crippen molar-refractivity contribution < 1.29 is 4.74 Å². The van der Waals surface area contributed by atoms with Gasteiger partial charge in [-0.25, -0.2) is 0 Å². The Morgan fingerprint density at radius 3 is 1.70 bits per heavy atom. The highest BCUT2D eigenvalue weighted by Crippen LogP contribution is 2.33. The van der Waals surface area contributed by atoms with E-state index in [0.29, 0.717) is 0 Å². The number of hydrogen-bond donors (Lipinski definition) is 2. The van der Waals surface area contributed by atoms with Crippen LogP contribution in [0.15, 0.2) is 66.7 Å². The highest BCUT2D eigenvalue weighted by Gasteiger charge is 2.14. The highest BCUT2D eigenvalue weighted by atomic mass is 35.5. The molecule has 0 fully saturated rings. The van der Waals surface area contributed by atoms with E-state index in [1.165, 1.54) is 6.07 Å². The fraction of sp³-hybridized carbons (Fsp3) is 0. The van der Waals surface area contributed by atoms with Gasteiger partial charge in [-0.05, 0) is 30.3 Å². The fourth-order valence-corrected chi connectivity index (χ4v) is 2.93. The van der Waals surface area contributed by atoms with E-state index in [0.717, 1.165) is 11.4 Å². The van der Waals surface area contributed by atoms with Gasteiger partial charge in [0.1, 0.15) is 5.02 Å². The van der Waals surface area contributed by atoms with Crippen LogP contribution < -0.4 is 15.4 Å². The summed E-state index contributed by atoms with van der Waals surface area (Å²) in [5.41, 5.74) is 1.59. The molecule has 0 aliphatic heterocycles. The zero-order valence-electron chi connectivity index (χ0n) is 15.2. The molecule has 0 radical (unpaired) electrons. The minimum absolute atomic E-state index is 0.0218. The maximum absolute atomic E-state index is 6.16. The van der Waals surface area contributed by atoms with Crippen molar-refractivity contribution in [3.05, 3.63) is 81.9 Å². The number of ether oxygens (including phenoxy) is 1. The largest absolute Gasteiger partial charge is 0.403 e. The van der Waals surface area contributed by atoms with E-state index in [1.807, 2.05) is 60.7 Å². The van der Waals surface area contributed by atoms with Crippen molar-refractivity contribution in [1.82, 2.24) is 19.9 Å². The Hall–Kier alpha value is -3.13. The van der Waals surface area contributed by atoms with Crippen LogP contribution >= 0.6 is 34.8 Å². The molecule has 0 aliphatic rings. The van der Waals surface area contributed by atoms with E-state index in [2.05, 4.69) is 30.6 Å². The van der Waals surface area contributed by atoms with Crippen molar-refractivity contribution in [2.75, 3.05) is 10.6 Å². The number of nitrogens with one attached hydrogen (secondary N) is 2. The summed E-state index contributed by atoms with van der Waals surface area (Å²) in [4.78, 5) is 17.0. The van der Waals surface area contributed by atoms with Crippen molar-refractivity contribution in [2.45, 2.75) is 0 Å². The van der Waals surface area contributed by atoms with Crippen LogP contribution in [0, 0.1) is 0 Å². The van der Waals surface area contributed by atoms with Gasteiger partial charge in [-0.1, -0.05) is 71.2 Å². The maximum Gasteiger partial charge on any atom is 0.330 e. The molecule has 7 nitrogen and oxygen atoms in total. The van der Waals surface area contributed by atoms with Crippen LogP contribution in [-0.4, -0.2) is 19.9 Å². The number of anilines is 4. The highest BCUT2D eigenvalue weighted by molar-refractivity contribution is 6.42. The lowest BCUT2D eigenvalue weighted by Gasteiger charge is -2.11. The first kappa shape index (κ1) is 20.2. The van der Waals surface area contributed by atoms with Gasteiger partial charge >= 0.3 is 6.01 Å². The van der Waals surface area contributed by atoms with Gasteiger partial charge in [0.15, 0.2) is 5.15 Å². The van der Waals surface area contributed by atoms with Crippen molar-refractivity contribution in [1.29, 1.82) is 0 Å². The first-order valence-electron chi connectivity index (χ1n) is 8.66. The first-order valence-corrected chi connectivity index (χ1v) is 9.80. The molecule has 10 heteroatoms. The van der Waals surface area contributed by atoms with Crippen LogP contribution in [0.25, 0.3) is 0 Å². The van der Waals surface area contributed by atoms with Gasteiger partial charge < -0.3 is 15.4 Å². The van der Waals surface area contributed by atoms with E-state index in [-0.39, 0.29) is 39.0 Å². The molecule has 4 rings (SSSR count). The molecule has 2 N–H and O–H groups in total. The molecule has 0 spiro atoms. The number of benzene rings is 2. The quantitative estimate of drug-likeness (QED) is 0.318. The molecule has 150 valence electrons. The van der Waals surface area contributed by atoms with Gasteiger partial charge in [-0.15, -0.1) is 0 Å². The van der Waals surface area contributed by atoms with Crippen LogP contribution in [0.4, 0.5) is 23.3 Å². The van der Waals surface area contributed by atoms with E-state index < -0.39 is 0 Å². The van der Waals surface area contributed by atoms with Gasteiger partial charge in [0.05, 0.1) is 5.02 Å². The average Bonchev–Trinajstić information content (AvgIpc) is 2.73. The summed E-state index contributed by atoms with van der Waals surface area (Å²) in [7, 11) is 0. The second-order valence-corrected chi connectivity index (χ2v) is 7.07. The number of halogens is 3. The van der Waals surface area contributed by atoms with Crippen LogP contribution in [0.2, 0.25) is 15.2 Å². The lowest BCUT2D eigenvalue weighted by molar-refractivity contribution is 0.425. The Morgan fingerprint density at radius 2 is 1.17 bits per heavy atom. The van der Waals surface area contributed by atoms with Crippen molar-refractivity contribution >= 4 is 58.1 Å². The number of rotatable bonds is 6. The van der Waals surface area contributed by atoms with Crippen LogP contribution in [0.5, 0.6) is 11.9 Å². The smallest absolute Gasteiger partial charge is 0.330 e. The predicted octanol–water partition coefficient (Wildman–Crippen LogP) is 6.51. The molecule has 0 amide bonds. The molecule has 0 saturated heterocycles. The molecular weight excluding hydrogens is 447 g/mol. The maximum atomic E-state index is 6.16. The minimum Gasteiger partial charge on any atom is -0.403 e. The Balaban J connectivity index is 1.68. The van der Waals surface area contributed by atoms with Gasteiger partial charge in [0.2, 0.25) is 17.8 Å². The molecule has 2 aromatic carbocycles. The number of para-hydroxylation sites is 2. The predicted molar refractivity (Wildman–Crippen MR) is 119 cm³/mol. The molecule has 2 aromatic heterocycles. The lowest BCUT2D eigenvalue weighted by Crippen LogP contribution is -2.06. The third-order valence-electron chi connectivity index (χ3n) is 3.72. The van der Waals surface area contributed by atoms with E-state index in [4.69, 9.17) is 39.5 Å². The number of nitrogens with zero attached hydrogens (tertiary/aromatic N) is 4. The Morgan fingerprint density at radius 1 is 0.633 bits per heavy atom.